The molecule has 0 aromatic heterocycles. The van der Waals surface area contributed by atoms with Crippen molar-refractivity contribution < 1.29 is 19.2 Å². The Bertz CT molecular complexity index is 1130. The molecule has 0 bridgehead atoms. The van der Waals surface area contributed by atoms with E-state index in [4.69, 9.17) is 0 Å². The summed E-state index contributed by atoms with van der Waals surface area (Å²) in [4.78, 5) is 48.4. The molecule has 180 valence electrons. The molecule has 0 amide bonds. The van der Waals surface area contributed by atoms with Gasteiger partial charge in [-0.1, -0.05) is 111 Å². The first-order chi connectivity index (χ1) is 17.6. The lowest BCUT2D eigenvalue weighted by Gasteiger charge is -2.16. The molecule has 2 aliphatic rings. The summed E-state index contributed by atoms with van der Waals surface area (Å²) < 4.78 is 0. The molecule has 0 spiro atoms. The van der Waals surface area contributed by atoms with E-state index in [2.05, 4.69) is 5.73 Å². The van der Waals surface area contributed by atoms with E-state index in [1.165, 1.54) is 7.05 Å². The smallest absolute Gasteiger partial charge is 0.194 e. The highest BCUT2D eigenvalue weighted by Crippen LogP contribution is 2.27. The summed E-state index contributed by atoms with van der Waals surface area (Å²) in [6.45, 7) is 4.00. The predicted molar refractivity (Wildman–Crippen MR) is 141 cm³/mol. The van der Waals surface area contributed by atoms with Crippen molar-refractivity contribution >= 4 is 23.1 Å². The van der Waals surface area contributed by atoms with Crippen molar-refractivity contribution in [2.75, 3.05) is 7.05 Å². The Morgan fingerprint density at radius 1 is 0.333 bits per heavy atom. The number of carbonyl (C=O) groups is 4. The average molecular weight is 478 g/mol. The largest absolute Gasteiger partial charge is 0.333 e. The van der Waals surface area contributed by atoms with E-state index in [1.807, 2.05) is 13.8 Å². The maximum absolute atomic E-state index is 12.1. The molecule has 0 aliphatic heterocycles. The highest BCUT2D eigenvalue weighted by atomic mass is 16.1. The van der Waals surface area contributed by atoms with E-state index in [1.54, 1.807) is 97.1 Å². The Kier molecular flexibility index (Phi) is 8.55. The molecule has 2 aliphatic carbocycles. The molecule has 0 radical (unpaired) electrons. The Balaban J connectivity index is 0.000000177. The minimum absolute atomic E-state index is 0.0641. The molecule has 0 atom stereocenters. The lowest BCUT2D eigenvalue weighted by atomic mass is 9.84. The molecular weight excluding hydrogens is 450 g/mol. The monoisotopic (exact) mass is 477 g/mol. The van der Waals surface area contributed by atoms with Gasteiger partial charge in [0.05, 0.1) is 0 Å². The number of rotatable bonds is 0. The van der Waals surface area contributed by atoms with Crippen LogP contribution < -0.4 is 5.73 Å². The summed E-state index contributed by atoms with van der Waals surface area (Å²) in [5.41, 5.74) is 8.55. The molecular formula is C31H27NO4. The molecule has 5 heteroatoms. The zero-order valence-corrected chi connectivity index (χ0v) is 20.4. The van der Waals surface area contributed by atoms with Crippen LogP contribution in [0.2, 0.25) is 0 Å². The second-order valence-electron chi connectivity index (χ2n) is 7.50. The summed E-state index contributed by atoms with van der Waals surface area (Å²) >= 11 is 0. The quantitative estimate of drug-likeness (QED) is 0.311. The third kappa shape index (κ3) is 4.69. The Morgan fingerprint density at radius 2 is 0.444 bits per heavy atom. The Morgan fingerprint density at radius 3 is 0.556 bits per heavy atom. The molecule has 4 aromatic carbocycles. The first kappa shape index (κ1) is 26.1. The number of nitrogens with two attached hydrogens (primary N) is 1. The van der Waals surface area contributed by atoms with Crippen molar-refractivity contribution in [3.63, 3.8) is 0 Å². The van der Waals surface area contributed by atoms with Crippen LogP contribution in [0.5, 0.6) is 0 Å². The zero-order valence-electron chi connectivity index (χ0n) is 20.4. The van der Waals surface area contributed by atoms with E-state index in [0.29, 0.717) is 44.5 Å². The first-order valence-corrected chi connectivity index (χ1v) is 11.7. The van der Waals surface area contributed by atoms with E-state index in [-0.39, 0.29) is 23.1 Å². The number of benzene rings is 4. The highest BCUT2D eigenvalue weighted by molar-refractivity contribution is 6.29. The second kappa shape index (κ2) is 11.8. The van der Waals surface area contributed by atoms with Crippen LogP contribution in [0.15, 0.2) is 97.1 Å². The van der Waals surface area contributed by atoms with E-state index < -0.39 is 0 Å². The number of ketones is 4. The number of fused-ring (bicyclic) bond motifs is 4. The van der Waals surface area contributed by atoms with Gasteiger partial charge in [-0.3, -0.25) is 19.2 Å². The molecule has 5 nitrogen and oxygen atoms in total. The van der Waals surface area contributed by atoms with Crippen LogP contribution in [-0.2, 0) is 0 Å². The first-order valence-electron chi connectivity index (χ1n) is 11.7. The standard InChI is InChI=1S/2C14H8O2.C2H6.CH5N/c2*15-13-9-5-1-2-6-10(9)14(16)12-8-4-3-7-11(12)13;2*1-2/h2*1-8H;1-2H3;2H2,1H3. The summed E-state index contributed by atoms with van der Waals surface area (Å²) in [7, 11) is 1.50. The minimum Gasteiger partial charge on any atom is -0.333 e. The fourth-order valence-corrected chi connectivity index (χ4v) is 4.10. The fraction of sp³-hybridized carbons (Fsp3) is 0.0968. The van der Waals surface area contributed by atoms with Crippen molar-refractivity contribution in [2.24, 2.45) is 5.73 Å². The van der Waals surface area contributed by atoms with Crippen LogP contribution in [0.3, 0.4) is 0 Å². The van der Waals surface area contributed by atoms with E-state index in [9.17, 15) is 19.2 Å². The minimum atomic E-state index is -0.0641. The Labute approximate surface area is 210 Å². The van der Waals surface area contributed by atoms with Gasteiger partial charge in [-0.25, -0.2) is 0 Å². The summed E-state index contributed by atoms with van der Waals surface area (Å²) in [6, 6.07) is 27.8. The normalized spacial score (nSPS) is 12.1. The van der Waals surface area contributed by atoms with Gasteiger partial charge in [-0.2, -0.15) is 0 Å². The topological polar surface area (TPSA) is 94.3 Å². The van der Waals surface area contributed by atoms with Gasteiger partial charge in [0.25, 0.3) is 0 Å². The van der Waals surface area contributed by atoms with Crippen molar-refractivity contribution in [2.45, 2.75) is 13.8 Å². The van der Waals surface area contributed by atoms with Crippen LogP contribution in [0, 0.1) is 0 Å². The van der Waals surface area contributed by atoms with Crippen LogP contribution in [0.1, 0.15) is 77.5 Å². The van der Waals surface area contributed by atoms with Gasteiger partial charge >= 0.3 is 0 Å². The summed E-state index contributed by atoms with van der Waals surface area (Å²) in [6.07, 6.45) is 0. The maximum Gasteiger partial charge on any atom is 0.194 e. The van der Waals surface area contributed by atoms with Gasteiger partial charge in [-0.05, 0) is 7.05 Å². The molecule has 0 saturated carbocycles. The maximum atomic E-state index is 12.1. The highest BCUT2D eigenvalue weighted by Gasteiger charge is 2.29. The molecule has 0 fully saturated rings. The predicted octanol–water partition coefficient (Wildman–Crippen LogP) is 5.53. The third-order valence-electron chi connectivity index (χ3n) is 5.67. The van der Waals surface area contributed by atoms with Crippen LogP contribution >= 0.6 is 0 Å². The van der Waals surface area contributed by atoms with Crippen molar-refractivity contribution in [3.8, 4) is 0 Å². The van der Waals surface area contributed by atoms with Crippen LogP contribution in [-0.4, -0.2) is 30.2 Å². The molecule has 2 N–H and O–H groups in total. The fourth-order valence-electron chi connectivity index (χ4n) is 4.10. The molecule has 36 heavy (non-hydrogen) atoms. The van der Waals surface area contributed by atoms with Gasteiger partial charge in [0.2, 0.25) is 0 Å². The van der Waals surface area contributed by atoms with Crippen molar-refractivity contribution in [1.82, 2.24) is 0 Å². The average Bonchev–Trinajstić information content (AvgIpc) is 2.97. The number of hydrogen-bond donors (Lipinski definition) is 1. The van der Waals surface area contributed by atoms with Gasteiger partial charge in [0.1, 0.15) is 0 Å². The molecule has 0 saturated heterocycles. The van der Waals surface area contributed by atoms with Gasteiger partial charge < -0.3 is 5.73 Å². The Hall–Kier alpha value is -4.48. The van der Waals surface area contributed by atoms with Crippen molar-refractivity contribution in [1.29, 1.82) is 0 Å². The zero-order chi connectivity index (χ0) is 26.2. The molecule has 6 rings (SSSR count). The molecule has 0 unspecified atom stereocenters. The number of carbonyl (C=O) groups excluding carboxylic acids is 4. The molecule has 4 aromatic rings. The van der Waals surface area contributed by atoms with E-state index >= 15 is 0 Å². The van der Waals surface area contributed by atoms with Crippen LogP contribution in [0.4, 0.5) is 0 Å². The van der Waals surface area contributed by atoms with E-state index in [0.717, 1.165) is 0 Å². The SMILES string of the molecule is CC.CN.O=C1c2ccccc2C(=O)c2ccccc21.O=C1c2ccccc2C(=O)c2ccccc21. The lowest BCUT2D eigenvalue weighted by Crippen LogP contribution is -2.20. The van der Waals surface area contributed by atoms with Gasteiger partial charge in [0.15, 0.2) is 23.1 Å². The third-order valence-corrected chi connectivity index (χ3v) is 5.67. The van der Waals surface area contributed by atoms with Gasteiger partial charge in [0, 0.05) is 44.5 Å². The lowest BCUT2D eigenvalue weighted by molar-refractivity contribution is 0.0979. The second-order valence-corrected chi connectivity index (χ2v) is 7.50. The molecule has 0 heterocycles. The summed E-state index contributed by atoms with van der Waals surface area (Å²) in [5, 5.41) is 0. The summed E-state index contributed by atoms with van der Waals surface area (Å²) in [5.74, 6) is -0.256. The van der Waals surface area contributed by atoms with Gasteiger partial charge in [-0.15, -0.1) is 0 Å². The van der Waals surface area contributed by atoms with Crippen molar-refractivity contribution in [3.05, 3.63) is 142 Å². The number of hydrogen-bond acceptors (Lipinski definition) is 5. The van der Waals surface area contributed by atoms with Crippen LogP contribution in [0.25, 0.3) is 0 Å².